The van der Waals surface area contributed by atoms with E-state index >= 15 is 0 Å². The molecular weight excluding hydrogens is 348 g/mol. The van der Waals surface area contributed by atoms with E-state index in [-0.39, 0.29) is 5.39 Å². The average Bonchev–Trinajstić information content (AvgIpc) is 2.96. The lowest BCUT2D eigenvalue weighted by molar-refractivity contribution is -0.248. The van der Waals surface area contributed by atoms with Gasteiger partial charge >= 0.3 is 12.4 Å². The first kappa shape index (κ1) is 17.3. The van der Waals surface area contributed by atoms with Gasteiger partial charge in [-0.3, -0.25) is 0 Å². The molecule has 1 aromatic heterocycles. The van der Waals surface area contributed by atoms with Gasteiger partial charge in [0.1, 0.15) is 0 Å². The maximum Gasteiger partial charge on any atom is 0.425 e. The van der Waals surface area contributed by atoms with Crippen LogP contribution in [0.4, 0.5) is 26.3 Å². The van der Waals surface area contributed by atoms with E-state index in [4.69, 9.17) is 0 Å². The molecule has 0 saturated carbocycles. The highest BCUT2D eigenvalue weighted by Crippen LogP contribution is 2.47. The number of hydrogen-bond donors (Lipinski definition) is 2. The van der Waals surface area contributed by atoms with Crippen LogP contribution >= 0.6 is 0 Å². The second-order valence-corrected chi connectivity index (χ2v) is 5.53. The molecule has 0 bridgehead atoms. The number of fused-ring (bicyclic) bond motifs is 1. The molecule has 8 heteroatoms. The first-order valence-electron chi connectivity index (χ1n) is 7.08. The Morgan fingerprint density at radius 3 is 2.08 bits per heavy atom. The summed E-state index contributed by atoms with van der Waals surface area (Å²) in [6, 6.07) is 8.54. The van der Waals surface area contributed by atoms with Crippen molar-refractivity contribution in [3.8, 4) is 0 Å². The number of H-pyrrole nitrogens is 1. The van der Waals surface area contributed by atoms with Crippen LogP contribution in [0.3, 0.4) is 0 Å². The molecule has 0 saturated heterocycles. The van der Waals surface area contributed by atoms with Gasteiger partial charge < -0.3 is 10.1 Å². The normalized spacial score (nSPS) is 15.3. The molecule has 2 N–H and O–H groups in total. The maximum atomic E-state index is 13.8. The van der Waals surface area contributed by atoms with Crippen LogP contribution in [0.1, 0.15) is 16.7 Å². The fourth-order valence-electron chi connectivity index (χ4n) is 2.76. The van der Waals surface area contributed by atoms with Gasteiger partial charge in [-0.05, 0) is 23.8 Å². The Hall–Kier alpha value is -2.48. The van der Waals surface area contributed by atoms with Crippen LogP contribution in [0.5, 0.6) is 0 Å². The van der Waals surface area contributed by atoms with Crippen LogP contribution in [0, 0.1) is 0 Å². The third kappa shape index (κ3) is 2.76. The molecule has 1 unspecified atom stereocenters. The Balaban J connectivity index is 2.29. The molecule has 3 rings (SSSR count). The predicted octanol–water partition coefficient (Wildman–Crippen LogP) is 4.98. The van der Waals surface area contributed by atoms with E-state index in [1.165, 1.54) is 18.2 Å². The van der Waals surface area contributed by atoms with Gasteiger partial charge in [0.25, 0.3) is 0 Å². The number of benzene rings is 2. The molecule has 0 fully saturated rings. The molecule has 2 aromatic carbocycles. The molecule has 0 radical (unpaired) electrons. The summed E-state index contributed by atoms with van der Waals surface area (Å²) in [4.78, 5) is 2.60. The average molecular weight is 359 g/mol. The van der Waals surface area contributed by atoms with Crippen molar-refractivity contribution in [1.82, 2.24) is 4.98 Å². The van der Waals surface area contributed by atoms with E-state index in [1.807, 2.05) is 0 Å². The van der Waals surface area contributed by atoms with Gasteiger partial charge in [0.05, 0.1) is 5.56 Å². The highest BCUT2D eigenvalue weighted by Gasteiger charge is 2.57. The number of halogens is 6. The zero-order valence-electron chi connectivity index (χ0n) is 12.4. The molecule has 0 amide bonds. The quantitative estimate of drug-likeness (QED) is 0.622. The molecule has 0 aliphatic carbocycles. The number of alkyl halides is 6. The lowest BCUT2D eigenvalue weighted by atomic mass is 9.84. The van der Waals surface area contributed by atoms with Crippen molar-refractivity contribution in [2.24, 2.45) is 0 Å². The summed E-state index contributed by atoms with van der Waals surface area (Å²) in [5, 5.41) is 10.6. The van der Waals surface area contributed by atoms with Gasteiger partial charge in [0.15, 0.2) is 0 Å². The molecule has 0 aliphatic rings. The molecular formula is C17H11F6NO. The monoisotopic (exact) mass is 359 g/mol. The van der Waals surface area contributed by atoms with Crippen LogP contribution < -0.4 is 0 Å². The van der Waals surface area contributed by atoms with Crippen molar-refractivity contribution < 1.29 is 31.4 Å². The van der Waals surface area contributed by atoms with E-state index in [2.05, 4.69) is 4.98 Å². The van der Waals surface area contributed by atoms with Gasteiger partial charge in [-0.1, -0.05) is 30.3 Å². The lowest BCUT2D eigenvalue weighted by Crippen LogP contribution is -2.43. The lowest BCUT2D eigenvalue weighted by Gasteiger charge is -2.31. The van der Waals surface area contributed by atoms with Crippen LogP contribution in [-0.4, -0.2) is 16.3 Å². The van der Waals surface area contributed by atoms with Crippen molar-refractivity contribution >= 4 is 10.9 Å². The highest BCUT2D eigenvalue weighted by molar-refractivity contribution is 5.84. The molecule has 0 aliphatic heterocycles. The van der Waals surface area contributed by atoms with Gasteiger partial charge in [-0.25, -0.2) is 0 Å². The molecule has 132 valence electrons. The Morgan fingerprint density at radius 2 is 1.44 bits per heavy atom. The number of para-hydroxylation sites is 1. The van der Waals surface area contributed by atoms with Crippen LogP contribution in [-0.2, 0) is 11.8 Å². The fourth-order valence-corrected chi connectivity index (χ4v) is 2.76. The minimum atomic E-state index is -5.23. The Morgan fingerprint density at radius 1 is 0.800 bits per heavy atom. The van der Waals surface area contributed by atoms with Gasteiger partial charge in [0.2, 0.25) is 5.60 Å². The standard InChI is InChI=1S/C17H11F6NO/c18-16(19,20)11-5-3-4-10(8-11)15(25,17(21,22)23)13-9-24-14-7-2-1-6-12(13)14/h1-9,24-25H. The number of aromatic amines is 1. The van der Waals surface area contributed by atoms with Gasteiger partial charge in [0, 0.05) is 22.7 Å². The number of rotatable bonds is 2. The van der Waals surface area contributed by atoms with Gasteiger partial charge in [-0.15, -0.1) is 0 Å². The van der Waals surface area contributed by atoms with E-state index in [9.17, 15) is 31.4 Å². The summed E-state index contributed by atoms with van der Waals surface area (Å²) in [7, 11) is 0. The number of aliphatic hydroxyl groups is 1. The SMILES string of the molecule is OC(c1cccc(C(F)(F)F)c1)(c1c[nH]c2ccccc12)C(F)(F)F. The molecule has 2 nitrogen and oxygen atoms in total. The van der Waals surface area contributed by atoms with E-state index in [0.717, 1.165) is 18.3 Å². The van der Waals surface area contributed by atoms with Crippen LogP contribution in [0.25, 0.3) is 10.9 Å². The minimum Gasteiger partial charge on any atom is -0.372 e. The van der Waals surface area contributed by atoms with Gasteiger partial charge in [-0.2, -0.15) is 26.3 Å². The summed E-state index contributed by atoms with van der Waals surface area (Å²) < 4.78 is 79.9. The smallest absolute Gasteiger partial charge is 0.372 e. The topological polar surface area (TPSA) is 36.0 Å². The first-order chi connectivity index (χ1) is 11.5. The van der Waals surface area contributed by atoms with Crippen molar-refractivity contribution in [3.63, 3.8) is 0 Å². The molecule has 0 spiro atoms. The van der Waals surface area contributed by atoms with Crippen molar-refractivity contribution in [2.75, 3.05) is 0 Å². The highest BCUT2D eigenvalue weighted by atomic mass is 19.4. The zero-order valence-corrected chi connectivity index (χ0v) is 12.4. The zero-order chi connectivity index (χ0) is 18.5. The van der Waals surface area contributed by atoms with Crippen molar-refractivity contribution in [2.45, 2.75) is 18.0 Å². The summed E-state index contributed by atoms with van der Waals surface area (Å²) in [5.41, 5.74) is -6.00. The fraction of sp³-hybridized carbons (Fsp3) is 0.176. The minimum absolute atomic E-state index is 0.0692. The van der Waals surface area contributed by atoms with Crippen LogP contribution in [0.2, 0.25) is 0 Å². The Kier molecular flexibility index (Phi) is 3.83. The summed E-state index contributed by atoms with van der Waals surface area (Å²) in [6.07, 6.45) is -9.11. The molecule has 1 heterocycles. The summed E-state index contributed by atoms with van der Waals surface area (Å²) in [5.74, 6) is 0. The Bertz CT molecular complexity index is 911. The predicted molar refractivity (Wildman–Crippen MR) is 78.8 cm³/mol. The maximum absolute atomic E-state index is 13.8. The molecule has 1 atom stereocenters. The third-order valence-electron chi connectivity index (χ3n) is 4.00. The second-order valence-electron chi connectivity index (χ2n) is 5.53. The summed E-state index contributed by atoms with van der Waals surface area (Å²) in [6.45, 7) is 0. The molecule has 3 aromatic rings. The van der Waals surface area contributed by atoms with Crippen molar-refractivity contribution in [3.05, 3.63) is 71.4 Å². The van der Waals surface area contributed by atoms with Crippen molar-refractivity contribution in [1.29, 1.82) is 0 Å². The summed E-state index contributed by atoms with van der Waals surface area (Å²) >= 11 is 0. The third-order valence-corrected chi connectivity index (χ3v) is 4.00. The largest absolute Gasteiger partial charge is 0.425 e. The van der Waals surface area contributed by atoms with E-state index in [0.29, 0.717) is 17.6 Å². The number of hydrogen-bond acceptors (Lipinski definition) is 1. The Labute approximate surface area is 137 Å². The van der Waals surface area contributed by atoms with Crippen LogP contribution in [0.15, 0.2) is 54.7 Å². The van der Waals surface area contributed by atoms with E-state index in [1.54, 1.807) is 6.07 Å². The second kappa shape index (κ2) is 5.52. The van der Waals surface area contributed by atoms with E-state index < -0.39 is 34.6 Å². The number of nitrogens with one attached hydrogen (secondary N) is 1. The molecule has 25 heavy (non-hydrogen) atoms. The first-order valence-corrected chi connectivity index (χ1v) is 7.08. The number of aromatic nitrogens is 1.